The molecule has 0 bridgehead atoms. The molecule has 110 valence electrons. The van der Waals surface area contributed by atoms with E-state index in [2.05, 4.69) is 9.72 Å². The van der Waals surface area contributed by atoms with Crippen LogP contribution in [0.4, 0.5) is 15.9 Å². The van der Waals surface area contributed by atoms with Crippen LogP contribution in [0.1, 0.15) is 16.3 Å². The number of nitrogen functional groups attached to an aromatic ring is 1. The van der Waals surface area contributed by atoms with Gasteiger partial charge in [0, 0.05) is 6.07 Å². The summed E-state index contributed by atoms with van der Waals surface area (Å²) in [5, 5.41) is 10.6. The predicted octanol–water partition coefficient (Wildman–Crippen LogP) is 1.60. The van der Waals surface area contributed by atoms with Gasteiger partial charge in [-0.3, -0.25) is 14.7 Å². The van der Waals surface area contributed by atoms with E-state index in [1.54, 1.807) is 0 Å². The molecular weight excluding hydrogens is 283 g/mol. The minimum absolute atomic E-state index is 0.0433. The van der Waals surface area contributed by atoms with Crippen molar-refractivity contribution in [3.8, 4) is 5.69 Å². The zero-order valence-corrected chi connectivity index (χ0v) is 11.2. The lowest BCUT2D eigenvalue weighted by Crippen LogP contribution is -2.08. The van der Waals surface area contributed by atoms with Crippen molar-refractivity contribution in [3.63, 3.8) is 0 Å². The average Bonchev–Trinajstić information content (AvgIpc) is 2.73. The molecule has 1 aromatic carbocycles. The van der Waals surface area contributed by atoms with E-state index in [1.807, 2.05) is 0 Å². The number of hydrogen-bond donors (Lipinski definition) is 1. The fraction of sp³-hybridized carbons (Fsp3) is 0.167. The van der Waals surface area contributed by atoms with Gasteiger partial charge in [-0.25, -0.2) is 14.2 Å². The summed E-state index contributed by atoms with van der Waals surface area (Å²) in [5.74, 6) is -1.46. The molecule has 2 N–H and O–H groups in total. The van der Waals surface area contributed by atoms with Crippen LogP contribution in [0.15, 0.2) is 18.2 Å². The fourth-order valence-electron chi connectivity index (χ4n) is 1.89. The number of carbonyl (C=O) groups is 1. The highest BCUT2D eigenvalue weighted by Crippen LogP contribution is 2.25. The lowest BCUT2D eigenvalue weighted by atomic mass is 10.2. The zero-order valence-electron chi connectivity index (χ0n) is 11.2. The highest BCUT2D eigenvalue weighted by molar-refractivity contribution is 5.92. The molecule has 0 aliphatic rings. The van der Waals surface area contributed by atoms with Crippen LogP contribution in [0.25, 0.3) is 5.69 Å². The molecule has 0 fully saturated rings. The van der Waals surface area contributed by atoms with Gasteiger partial charge in [0.05, 0.1) is 23.8 Å². The van der Waals surface area contributed by atoms with Crippen molar-refractivity contribution in [3.05, 3.63) is 45.6 Å². The minimum Gasteiger partial charge on any atom is -0.464 e. The van der Waals surface area contributed by atoms with Gasteiger partial charge in [-0.2, -0.15) is 0 Å². The molecule has 21 heavy (non-hydrogen) atoms. The highest BCUT2D eigenvalue weighted by Gasteiger charge is 2.22. The first kappa shape index (κ1) is 14.4. The second-order valence-electron chi connectivity index (χ2n) is 4.11. The van der Waals surface area contributed by atoms with Crippen molar-refractivity contribution in [1.82, 2.24) is 9.55 Å². The number of esters is 1. The molecule has 0 saturated heterocycles. The quantitative estimate of drug-likeness (QED) is 0.522. The van der Waals surface area contributed by atoms with Gasteiger partial charge in [0.25, 0.3) is 5.69 Å². The summed E-state index contributed by atoms with van der Waals surface area (Å²) in [6.45, 7) is 1.52. The van der Waals surface area contributed by atoms with Crippen LogP contribution >= 0.6 is 0 Å². The normalized spacial score (nSPS) is 10.4. The van der Waals surface area contributed by atoms with Crippen LogP contribution in [0.3, 0.4) is 0 Å². The molecule has 8 nitrogen and oxygen atoms in total. The van der Waals surface area contributed by atoms with Crippen molar-refractivity contribution in [2.24, 2.45) is 0 Å². The number of nitrogens with two attached hydrogens (primary N) is 1. The predicted molar refractivity (Wildman–Crippen MR) is 70.7 cm³/mol. The first-order valence-corrected chi connectivity index (χ1v) is 5.74. The number of anilines is 1. The number of carbonyl (C=O) groups excluding carboxylic acids is 1. The summed E-state index contributed by atoms with van der Waals surface area (Å²) in [6.07, 6.45) is 0. The molecule has 0 spiro atoms. The highest BCUT2D eigenvalue weighted by atomic mass is 19.1. The van der Waals surface area contributed by atoms with Crippen LogP contribution in [-0.2, 0) is 4.74 Å². The monoisotopic (exact) mass is 294 g/mol. The van der Waals surface area contributed by atoms with Crippen molar-refractivity contribution < 1.29 is 18.8 Å². The van der Waals surface area contributed by atoms with Gasteiger partial charge < -0.3 is 10.5 Å². The maximum Gasteiger partial charge on any atom is 0.360 e. The van der Waals surface area contributed by atoms with Gasteiger partial charge in [0.2, 0.25) is 0 Å². The molecule has 0 amide bonds. The Morgan fingerprint density at radius 2 is 2.19 bits per heavy atom. The Morgan fingerprint density at radius 1 is 1.52 bits per heavy atom. The molecule has 1 heterocycles. The third-order valence-corrected chi connectivity index (χ3v) is 2.84. The van der Waals surface area contributed by atoms with E-state index in [9.17, 15) is 19.3 Å². The van der Waals surface area contributed by atoms with Crippen LogP contribution < -0.4 is 5.73 Å². The molecule has 2 rings (SSSR count). The van der Waals surface area contributed by atoms with E-state index < -0.39 is 16.7 Å². The van der Waals surface area contributed by atoms with E-state index >= 15 is 0 Å². The number of benzene rings is 1. The number of halogens is 1. The Balaban J connectivity index is 2.60. The van der Waals surface area contributed by atoms with E-state index in [1.165, 1.54) is 24.7 Å². The number of nitro groups is 1. The molecule has 0 saturated carbocycles. The van der Waals surface area contributed by atoms with Gasteiger partial charge in [-0.05, 0) is 13.0 Å². The molecule has 2 aromatic rings. The van der Waals surface area contributed by atoms with Crippen molar-refractivity contribution in [2.75, 3.05) is 12.8 Å². The second kappa shape index (κ2) is 5.19. The minimum atomic E-state index is -0.854. The summed E-state index contributed by atoms with van der Waals surface area (Å²) < 4.78 is 19.7. The summed E-state index contributed by atoms with van der Waals surface area (Å²) in [5.41, 5.74) is 5.20. The number of aryl methyl sites for hydroxylation is 1. The van der Waals surface area contributed by atoms with Crippen LogP contribution in [-0.4, -0.2) is 27.6 Å². The summed E-state index contributed by atoms with van der Waals surface area (Å²) in [6, 6.07) is 3.10. The molecule has 9 heteroatoms. The molecule has 0 unspecified atom stereocenters. The Bertz CT molecular complexity index is 741. The fourth-order valence-corrected chi connectivity index (χ4v) is 1.89. The molecule has 0 aliphatic heterocycles. The van der Waals surface area contributed by atoms with Gasteiger partial charge in [-0.15, -0.1) is 0 Å². The number of hydrogen-bond acceptors (Lipinski definition) is 6. The molecule has 0 atom stereocenters. The van der Waals surface area contributed by atoms with Crippen molar-refractivity contribution in [2.45, 2.75) is 6.92 Å². The van der Waals surface area contributed by atoms with Crippen LogP contribution in [0, 0.1) is 22.9 Å². The molecule has 1 aromatic heterocycles. The lowest BCUT2D eigenvalue weighted by molar-refractivity contribution is -0.385. The van der Waals surface area contributed by atoms with Crippen LogP contribution in [0.5, 0.6) is 0 Å². The van der Waals surface area contributed by atoms with Gasteiger partial charge in [-0.1, -0.05) is 0 Å². The Hall–Kier alpha value is -2.97. The zero-order chi connectivity index (χ0) is 15.7. The Kier molecular flexibility index (Phi) is 3.57. The van der Waals surface area contributed by atoms with E-state index in [-0.39, 0.29) is 28.7 Å². The third-order valence-electron chi connectivity index (χ3n) is 2.84. The standard InChI is InChI=1S/C12H11FN4O4/c1-6-15-10(12(18)21-2)11(14)16(6)9-4-3-7(17(19)20)5-8(9)13/h3-5H,14H2,1-2H3. The number of rotatable bonds is 3. The van der Waals surface area contributed by atoms with Gasteiger partial charge in [0.15, 0.2) is 11.5 Å². The molecular formula is C12H11FN4O4. The molecule has 0 aliphatic carbocycles. The second-order valence-corrected chi connectivity index (χ2v) is 4.11. The number of methoxy groups -OCH3 is 1. The number of imidazole rings is 1. The Morgan fingerprint density at radius 3 is 2.71 bits per heavy atom. The third kappa shape index (κ3) is 2.40. The first-order chi connectivity index (χ1) is 9.86. The Labute approximate surface area is 118 Å². The van der Waals surface area contributed by atoms with E-state index in [0.717, 1.165) is 12.1 Å². The number of ether oxygens (including phenoxy) is 1. The first-order valence-electron chi connectivity index (χ1n) is 5.74. The van der Waals surface area contributed by atoms with Gasteiger partial charge in [0.1, 0.15) is 11.6 Å². The van der Waals surface area contributed by atoms with Crippen LogP contribution in [0.2, 0.25) is 0 Å². The number of nitrogens with zero attached hydrogens (tertiary/aromatic N) is 3. The average molecular weight is 294 g/mol. The maximum atomic E-state index is 14.0. The SMILES string of the molecule is COC(=O)c1nc(C)n(-c2ccc([N+](=O)[O-])cc2F)c1N. The number of aromatic nitrogens is 2. The topological polar surface area (TPSA) is 113 Å². The van der Waals surface area contributed by atoms with Crippen molar-refractivity contribution >= 4 is 17.5 Å². The van der Waals surface area contributed by atoms with E-state index in [4.69, 9.17) is 5.73 Å². The summed E-state index contributed by atoms with van der Waals surface area (Å²) in [4.78, 5) is 25.3. The lowest BCUT2D eigenvalue weighted by Gasteiger charge is -2.08. The number of nitro benzene ring substituents is 1. The molecule has 0 radical (unpaired) electrons. The van der Waals surface area contributed by atoms with E-state index in [0.29, 0.717) is 0 Å². The smallest absolute Gasteiger partial charge is 0.360 e. The van der Waals surface area contributed by atoms with Crippen molar-refractivity contribution in [1.29, 1.82) is 0 Å². The summed E-state index contributed by atoms with van der Waals surface area (Å²) in [7, 11) is 1.17. The van der Waals surface area contributed by atoms with Gasteiger partial charge >= 0.3 is 5.97 Å². The number of non-ortho nitro benzene ring substituents is 1. The summed E-state index contributed by atoms with van der Waals surface area (Å²) >= 11 is 0. The largest absolute Gasteiger partial charge is 0.464 e. The maximum absolute atomic E-state index is 14.0.